The van der Waals surface area contributed by atoms with Crippen molar-refractivity contribution >= 4 is 5.97 Å². The third-order valence-electron chi connectivity index (χ3n) is 2.08. The number of hydrogen-bond acceptors (Lipinski definition) is 3. The zero-order valence-corrected chi connectivity index (χ0v) is 8.20. The lowest BCUT2D eigenvalue weighted by Gasteiger charge is -2.04. The molecule has 1 aromatic carbocycles. The normalized spacial score (nSPS) is 10.0. The van der Waals surface area contributed by atoms with Gasteiger partial charge >= 0.3 is 11.7 Å². The quantitative estimate of drug-likeness (QED) is 0.810. The number of carbonyl (C=O) groups is 1. The molecular weight excluding hydrogens is 208 g/mol. The highest BCUT2D eigenvalue weighted by Gasteiger charge is 2.05. The first kappa shape index (κ1) is 10.1. The van der Waals surface area contributed by atoms with Crippen LogP contribution in [0.25, 0.3) is 5.69 Å². The zero-order valence-electron chi connectivity index (χ0n) is 8.20. The molecule has 0 bridgehead atoms. The van der Waals surface area contributed by atoms with Crippen LogP contribution in [-0.2, 0) is 0 Å². The van der Waals surface area contributed by atoms with E-state index in [1.54, 1.807) is 18.2 Å². The van der Waals surface area contributed by atoms with Crippen LogP contribution in [0.3, 0.4) is 0 Å². The van der Waals surface area contributed by atoms with E-state index in [2.05, 4.69) is 4.98 Å². The largest absolute Gasteiger partial charge is 0.478 e. The minimum atomic E-state index is -1.03. The fourth-order valence-electron chi connectivity index (χ4n) is 1.34. The topological polar surface area (TPSA) is 72.2 Å². The van der Waals surface area contributed by atoms with Crippen LogP contribution in [0.2, 0.25) is 0 Å². The summed E-state index contributed by atoms with van der Waals surface area (Å²) in [6.45, 7) is 0. The van der Waals surface area contributed by atoms with Gasteiger partial charge in [-0.05, 0) is 24.3 Å². The Morgan fingerprint density at radius 1 is 1.31 bits per heavy atom. The first-order valence-corrected chi connectivity index (χ1v) is 4.56. The number of hydrogen-bond donors (Lipinski definition) is 1. The van der Waals surface area contributed by atoms with E-state index in [-0.39, 0.29) is 5.56 Å². The summed E-state index contributed by atoms with van der Waals surface area (Å²) in [4.78, 5) is 25.8. The molecule has 0 radical (unpaired) electrons. The van der Waals surface area contributed by atoms with E-state index in [9.17, 15) is 9.59 Å². The van der Waals surface area contributed by atoms with Gasteiger partial charge in [0.2, 0.25) is 0 Å². The van der Waals surface area contributed by atoms with E-state index in [1.165, 1.54) is 29.1 Å². The monoisotopic (exact) mass is 216 g/mol. The Balaban J connectivity index is 2.57. The van der Waals surface area contributed by atoms with E-state index in [4.69, 9.17) is 5.11 Å². The van der Waals surface area contributed by atoms with Gasteiger partial charge in [-0.25, -0.2) is 14.6 Å². The Morgan fingerprint density at radius 3 is 2.81 bits per heavy atom. The van der Waals surface area contributed by atoms with Crippen molar-refractivity contribution in [2.24, 2.45) is 0 Å². The van der Waals surface area contributed by atoms with E-state index < -0.39 is 11.7 Å². The van der Waals surface area contributed by atoms with Crippen molar-refractivity contribution in [1.82, 2.24) is 9.55 Å². The van der Waals surface area contributed by atoms with Gasteiger partial charge in [0.05, 0.1) is 11.3 Å². The van der Waals surface area contributed by atoms with Crippen LogP contribution < -0.4 is 5.69 Å². The molecule has 5 heteroatoms. The van der Waals surface area contributed by atoms with Crippen molar-refractivity contribution in [3.05, 3.63) is 58.8 Å². The summed E-state index contributed by atoms with van der Waals surface area (Å²) < 4.78 is 1.28. The molecular formula is C11H8N2O3. The summed E-state index contributed by atoms with van der Waals surface area (Å²) in [5.74, 6) is -1.03. The van der Waals surface area contributed by atoms with Crippen LogP contribution >= 0.6 is 0 Å². The molecule has 2 aromatic rings. The highest BCUT2D eigenvalue weighted by Crippen LogP contribution is 2.08. The van der Waals surface area contributed by atoms with Crippen molar-refractivity contribution in [1.29, 1.82) is 0 Å². The average Bonchev–Trinajstić information content (AvgIpc) is 2.30. The Morgan fingerprint density at radius 2 is 2.12 bits per heavy atom. The Bertz CT molecular complexity index is 590. The van der Waals surface area contributed by atoms with Crippen LogP contribution in [0.15, 0.2) is 47.5 Å². The fraction of sp³-hybridized carbons (Fsp3) is 0. The maximum absolute atomic E-state index is 11.4. The van der Waals surface area contributed by atoms with Crippen LogP contribution in [0.5, 0.6) is 0 Å². The van der Waals surface area contributed by atoms with Crippen molar-refractivity contribution in [3.63, 3.8) is 0 Å². The molecule has 0 amide bonds. The molecule has 1 heterocycles. The molecule has 0 aliphatic rings. The summed E-state index contributed by atoms with van der Waals surface area (Å²) in [7, 11) is 0. The lowest BCUT2D eigenvalue weighted by atomic mass is 10.2. The van der Waals surface area contributed by atoms with E-state index in [1.807, 2.05) is 0 Å². The van der Waals surface area contributed by atoms with Crippen LogP contribution in [0.4, 0.5) is 0 Å². The first-order chi connectivity index (χ1) is 7.68. The van der Waals surface area contributed by atoms with Gasteiger partial charge in [0.1, 0.15) is 0 Å². The number of carboxylic acids is 1. The van der Waals surface area contributed by atoms with Gasteiger partial charge < -0.3 is 5.11 Å². The average molecular weight is 216 g/mol. The number of nitrogens with zero attached hydrogens (tertiary/aromatic N) is 2. The number of aromatic carboxylic acids is 1. The summed E-state index contributed by atoms with van der Waals surface area (Å²) in [6, 6.07) is 7.72. The molecule has 0 saturated carbocycles. The van der Waals surface area contributed by atoms with Crippen molar-refractivity contribution in [3.8, 4) is 5.69 Å². The van der Waals surface area contributed by atoms with E-state index in [0.29, 0.717) is 5.69 Å². The highest BCUT2D eigenvalue weighted by molar-refractivity contribution is 5.88. The molecule has 0 saturated heterocycles. The van der Waals surface area contributed by atoms with E-state index >= 15 is 0 Å². The third kappa shape index (κ3) is 1.83. The number of aromatic nitrogens is 2. The Kier molecular flexibility index (Phi) is 2.51. The predicted molar refractivity (Wildman–Crippen MR) is 56.8 cm³/mol. The van der Waals surface area contributed by atoms with Crippen molar-refractivity contribution in [2.45, 2.75) is 0 Å². The lowest BCUT2D eigenvalue weighted by Crippen LogP contribution is -2.19. The zero-order chi connectivity index (χ0) is 11.5. The second kappa shape index (κ2) is 3.98. The molecule has 0 fully saturated rings. The summed E-state index contributed by atoms with van der Waals surface area (Å²) >= 11 is 0. The number of benzene rings is 1. The molecule has 0 aliphatic heterocycles. The lowest BCUT2D eigenvalue weighted by molar-refractivity contribution is 0.0697. The molecule has 16 heavy (non-hydrogen) atoms. The predicted octanol–water partition coefficient (Wildman–Crippen LogP) is 0.931. The summed E-state index contributed by atoms with van der Waals surface area (Å²) in [6.07, 6.45) is 2.93. The maximum atomic E-state index is 11.4. The van der Waals surface area contributed by atoms with Gasteiger partial charge in [-0.15, -0.1) is 0 Å². The van der Waals surface area contributed by atoms with Gasteiger partial charge in [0, 0.05) is 12.4 Å². The van der Waals surface area contributed by atoms with Crippen LogP contribution in [-0.4, -0.2) is 20.6 Å². The number of carboxylic acid groups (broad SMARTS) is 1. The summed E-state index contributed by atoms with van der Waals surface area (Å²) in [5.41, 5.74) is 0.177. The summed E-state index contributed by atoms with van der Waals surface area (Å²) in [5, 5.41) is 8.82. The maximum Gasteiger partial charge on any atom is 0.352 e. The minimum Gasteiger partial charge on any atom is -0.478 e. The molecule has 2 rings (SSSR count). The van der Waals surface area contributed by atoms with E-state index in [0.717, 1.165) is 0 Å². The molecule has 80 valence electrons. The highest BCUT2D eigenvalue weighted by atomic mass is 16.4. The molecule has 0 spiro atoms. The van der Waals surface area contributed by atoms with Gasteiger partial charge in [0.25, 0.3) is 0 Å². The number of rotatable bonds is 2. The SMILES string of the molecule is O=C(O)c1cccc(-n2cccnc2=O)c1. The minimum absolute atomic E-state index is 0.133. The smallest absolute Gasteiger partial charge is 0.352 e. The van der Waals surface area contributed by atoms with Crippen molar-refractivity contribution in [2.75, 3.05) is 0 Å². The first-order valence-electron chi connectivity index (χ1n) is 4.56. The molecule has 1 N–H and O–H groups in total. The van der Waals surface area contributed by atoms with Crippen molar-refractivity contribution < 1.29 is 9.90 Å². The molecule has 1 aromatic heterocycles. The van der Waals surface area contributed by atoms with Crippen LogP contribution in [0, 0.1) is 0 Å². The fourth-order valence-corrected chi connectivity index (χ4v) is 1.34. The van der Waals surface area contributed by atoms with Gasteiger partial charge in [-0.3, -0.25) is 4.57 Å². The molecule has 0 aliphatic carbocycles. The third-order valence-corrected chi connectivity index (χ3v) is 2.08. The van der Waals surface area contributed by atoms with Gasteiger partial charge in [0.15, 0.2) is 0 Å². The van der Waals surface area contributed by atoms with Gasteiger partial charge in [-0.2, -0.15) is 0 Å². The second-order valence-corrected chi connectivity index (χ2v) is 3.13. The molecule has 0 atom stereocenters. The second-order valence-electron chi connectivity index (χ2n) is 3.13. The Labute approximate surface area is 90.6 Å². The van der Waals surface area contributed by atoms with Crippen LogP contribution in [0.1, 0.15) is 10.4 Å². The molecule has 5 nitrogen and oxygen atoms in total. The van der Waals surface area contributed by atoms with Gasteiger partial charge in [-0.1, -0.05) is 6.07 Å². The standard InChI is InChI=1S/C11H8N2O3/c14-10(15)8-3-1-4-9(7-8)13-6-2-5-12-11(13)16/h1-7H,(H,14,15). The Hall–Kier alpha value is -2.43. The molecule has 0 unspecified atom stereocenters.